The van der Waals surface area contributed by atoms with Crippen molar-refractivity contribution in [2.24, 2.45) is 0 Å². The Balaban J connectivity index is 2.02. The molecule has 0 aliphatic rings. The van der Waals surface area contributed by atoms with Crippen LogP contribution >= 0.6 is 23.6 Å². The summed E-state index contributed by atoms with van der Waals surface area (Å²) in [5.74, 6) is -0.213. The smallest absolute Gasteiger partial charge is 0.267 e. The number of rotatable bonds is 5. The van der Waals surface area contributed by atoms with Crippen LogP contribution in [0.5, 0.6) is 0 Å². The average molecular weight is 329 g/mol. The van der Waals surface area contributed by atoms with Gasteiger partial charge in [0.2, 0.25) is 0 Å². The van der Waals surface area contributed by atoms with E-state index in [1.165, 1.54) is 11.3 Å². The predicted octanol–water partition coefficient (Wildman–Crippen LogP) is 3.18. The number of thiophene rings is 1. The molecule has 0 spiro atoms. The first-order chi connectivity index (χ1) is 10.7. The van der Waals surface area contributed by atoms with Crippen LogP contribution in [0.1, 0.15) is 21.7 Å². The molecule has 2 aromatic rings. The second-order valence-electron chi connectivity index (χ2n) is 4.55. The molecule has 112 valence electrons. The molecule has 0 aliphatic carbocycles. The van der Waals surface area contributed by atoms with E-state index in [2.05, 4.69) is 11.4 Å². The SMILES string of the molecule is N#CCCN(Cc1ccccc1)C(=S)NC(=O)c1cccs1. The van der Waals surface area contributed by atoms with Crippen LogP contribution < -0.4 is 5.32 Å². The maximum absolute atomic E-state index is 12.1. The maximum Gasteiger partial charge on any atom is 0.267 e. The van der Waals surface area contributed by atoms with E-state index in [1.54, 1.807) is 6.07 Å². The van der Waals surface area contributed by atoms with E-state index in [4.69, 9.17) is 17.5 Å². The molecule has 0 aliphatic heterocycles. The molecule has 22 heavy (non-hydrogen) atoms. The zero-order valence-corrected chi connectivity index (χ0v) is 13.5. The fourth-order valence-electron chi connectivity index (χ4n) is 1.89. The monoisotopic (exact) mass is 329 g/mol. The highest BCUT2D eigenvalue weighted by molar-refractivity contribution is 7.80. The summed E-state index contributed by atoms with van der Waals surface area (Å²) in [6.45, 7) is 1.04. The van der Waals surface area contributed by atoms with Crippen molar-refractivity contribution in [1.29, 1.82) is 5.26 Å². The van der Waals surface area contributed by atoms with Gasteiger partial charge in [-0.05, 0) is 29.2 Å². The standard InChI is InChI=1S/C16H15N3OS2/c17-9-5-10-19(12-13-6-2-1-3-7-13)16(21)18-15(20)14-8-4-11-22-14/h1-4,6-8,11H,5,10,12H2,(H,18,20,21). The maximum atomic E-state index is 12.1. The van der Waals surface area contributed by atoms with Gasteiger partial charge in [-0.3, -0.25) is 10.1 Å². The van der Waals surface area contributed by atoms with Gasteiger partial charge in [0.1, 0.15) is 0 Å². The summed E-state index contributed by atoms with van der Waals surface area (Å²) in [5, 5.41) is 13.7. The van der Waals surface area contributed by atoms with Gasteiger partial charge in [0.25, 0.3) is 5.91 Å². The Hall–Kier alpha value is -2.23. The van der Waals surface area contributed by atoms with Crippen molar-refractivity contribution >= 4 is 34.6 Å². The number of nitriles is 1. The quantitative estimate of drug-likeness (QED) is 0.856. The van der Waals surface area contributed by atoms with E-state index in [-0.39, 0.29) is 5.91 Å². The lowest BCUT2D eigenvalue weighted by atomic mass is 10.2. The Labute approximate surface area is 139 Å². The van der Waals surface area contributed by atoms with Gasteiger partial charge in [-0.25, -0.2) is 0 Å². The summed E-state index contributed by atoms with van der Waals surface area (Å²) in [7, 11) is 0. The van der Waals surface area contributed by atoms with Gasteiger partial charge < -0.3 is 4.90 Å². The predicted molar refractivity (Wildman–Crippen MR) is 91.5 cm³/mol. The highest BCUT2D eigenvalue weighted by Gasteiger charge is 2.14. The van der Waals surface area contributed by atoms with E-state index in [0.29, 0.717) is 29.5 Å². The Morgan fingerprint density at radius 3 is 2.68 bits per heavy atom. The minimum absolute atomic E-state index is 0.213. The first kappa shape index (κ1) is 16.1. The molecule has 0 unspecified atom stereocenters. The molecule has 1 heterocycles. The van der Waals surface area contributed by atoms with E-state index < -0.39 is 0 Å². The minimum Gasteiger partial charge on any atom is -0.344 e. The summed E-state index contributed by atoms with van der Waals surface area (Å²) in [5.41, 5.74) is 1.08. The molecule has 1 amide bonds. The number of carbonyl (C=O) groups excluding carboxylic acids is 1. The van der Waals surface area contributed by atoms with Crippen molar-refractivity contribution in [3.05, 3.63) is 58.3 Å². The fourth-order valence-corrected chi connectivity index (χ4v) is 2.75. The van der Waals surface area contributed by atoms with Crippen LogP contribution in [0.4, 0.5) is 0 Å². The van der Waals surface area contributed by atoms with Gasteiger partial charge in [0.05, 0.1) is 17.4 Å². The zero-order chi connectivity index (χ0) is 15.8. The van der Waals surface area contributed by atoms with E-state index in [1.807, 2.05) is 46.7 Å². The number of amides is 1. The molecule has 2 rings (SSSR count). The number of carbonyl (C=O) groups is 1. The van der Waals surface area contributed by atoms with Gasteiger partial charge in [-0.2, -0.15) is 5.26 Å². The topological polar surface area (TPSA) is 56.1 Å². The van der Waals surface area contributed by atoms with Crippen molar-refractivity contribution in [2.45, 2.75) is 13.0 Å². The van der Waals surface area contributed by atoms with Crippen LogP contribution in [0.25, 0.3) is 0 Å². The number of nitrogens with one attached hydrogen (secondary N) is 1. The van der Waals surface area contributed by atoms with Crippen LogP contribution in [0.2, 0.25) is 0 Å². The highest BCUT2D eigenvalue weighted by atomic mass is 32.1. The minimum atomic E-state index is -0.213. The third kappa shape index (κ3) is 4.65. The summed E-state index contributed by atoms with van der Waals surface area (Å²) >= 11 is 6.69. The molecule has 0 saturated carbocycles. The Kier molecular flexibility index (Phi) is 6.07. The van der Waals surface area contributed by atoms with E-state index in [9.17, 15) is 4.79 Å². The molecule has 6 heteroatoms. The molecule has 0 bridgehead atoms. The zero-order valence-electron chi connectivity index (χ0n) is 11.9. The number of hydrogen-bond donors (Lipinski definition) is 1. The number of benzene rings is 1. The lowest BCUT2D eigenvalue weighted by Gasteiger charge is -2.24. The van der Waals surface area contributed by atoms with E-state index in [0.717, 1.165) is 5.56 Å². The molecule has 1 aromatic heterocycles. The van der Waals surface area contributed by atoms with Gasteiger partial charge >= 0.3 is 0 Å². The van der Waals surface area contributed by atoms with Crippen LogP contribution in [-0.2, 0) is 6.54 Å². The van der Waals surface area contributed by atoms with Crippen molar-refractivity contribution in [3.8, 4) is 6.07 Å². The summed E-state index contributed by atoms with van der Waals surface area (Å²) in [4.78, 5) is 14.5. The highest BCUT2D eigenvalue weighted by Crippen LogP contribution is 2.09. The lowest BCUT2D eigenvalue weighted by molar-refractivity contribution is 0.0977. The fraction of sp³-hybridized carbons (Fsp3) is 0.188. The van der Waals surface area contributed by atoms with Gasteiger partial charge in [-0.15, -0.1) is 11.3 Å². The van der Waals surface area contributed by atoms with Gasteiger partial charge in [0, 0.05) is 13.1 Å². The van der Waals surface area contributed by atoms with Gasteiger partial charge in [-0.1, -0.05) is 36.4 Å². The van der Waals surface area contributed by atoms with Gasteiger partial charge in [0.15, 0.2) is 5.11 Å². The molecule has 1 N–H and O–H groups in total. The van der Waals surface area contributed by atoms with E-state index >= 15 is 0 Å². The summed E-state index contributed by atoms with van der Waals surface area (Å²) in [6, 6.07) is 15.5. The molecule has 1 aromatic carbocycles. The van der Waals surface area contributed by atoms with Crippen molar-refractivity contribution in [3.63, 3.8) is 0 Å². The summed E-state index contributed by atoms with van der Waals surface area (Å²) in [6.07, 6.45) is 0.349. The second kappa shape index (κ2) is 8.27. The third-order valence-electron chi connectivity index (χ3n) is 2.96. The molecule has 0 atom stereocenters. The molecular weight excluding hydrogens is 314 g/mol. The first-order valence-electron chi connectivity index (χ1n) is 6.75. The van der Waals surface area contributed by atoms with Crippen LogP contribution in [-0.4, -0.2) is 22.5 Å². The lowest BCUT2D eigenvalue weighted by Crippen LogP contribution is -2.42. The second-order valence-corrected chi connectivity index (χ2v) is 5.89. The number of nitrogens with zero attached hydrogens (tertiary/aromatic N) is 2. The molecule has 0 radical (unpaired) electrons. The summed E-state index contributed by atoms with van der Waals surface area (Å²) < 4.78 is 0. The Bertz CT molecular complexity index is 662. The normalized spacial score (nSPS) is 9.77. The molecule has 4 nitrogen and oxygen atoms in total. The number of hydrogen-bond acceptors (Lipinski definition) is 4. The molecule has 0 fully saturated rings. The Morgan fingerprint density at radius 2 is 2.05 bits per heavy atom. The first-order valence-corrected chi connectivity index (χ1v) is 8.04. The molecular formula is C16H15N3OS2. The van der Waals surface area contributed by atoms with Crippen molar-refractivity contribution < 1.29 is 4.79 Å². The van der Waals surface area contributed by atoms with Crippen LogP contribution in [0.15, 0.2) is 47.8 Å². The van der Waals surface area contributed by atoms with Crippen molar-refractivity contribution in [1.82, 2.24) is 10.2 Å². The largest absolute Gasteiger partial charge is 0.344 e. The van der Waals surface area contributed by atoms with Crippen LogP contribution in [0.3, 0.4) is 0 Å². The third-order valence-corrected chi connectivity index (χ3v) is 4.19. The van der Waals surface area contributed by atoms with Crippen LogP contribution in [0, 0.1) is 11.3 Å². The Morgan fingerprint density at radius 1 is 1.27 bits per heavy atom. The van der Waals surface area contributed by atoms with Crippen molar-refractivity contribution in [2.75, 3.05) is 6.54 Å². The average Bonchev–Trinajstić information content (AvgIpc) is 3.06. The number of thiocarbonyl (C=S) groups is 1. The molecule has 0 saturated heterocycles.